The maximum atomic E-state index is 12.5. The van der Waals surface area contributed by atoms with Crippen LogP contribution in [0.4, 0.5) is 10.6 Å². The van der Waals surface area contributed by atoms with Gasteiger partial charge in [0.2, 0.25) is 0 Å². The Hall–Kier alpha value is -2.61. The van der Waals surface area contributed by atoms with E-state index in [1.54, 1.807) is 11.1 Å². The number of ether oxygens (including phenoxy) is 1. The number of benzene rings is 1. The lowest BCUT2D eigenvalue weighted by Crippen LogP contribution is -2.39. The van der Waals surface area contributed by atoms with E-state index in [-0.39, 0.29) is 18.6 Å². The number of hydrogen-bond acceptors (Lipinski definition) is 5. The lowest BCUT2D eigenvalue weighted by atomic mass is 9.97. The fourth-order valence-electron chi connectivity index (χ4n) is 3.50. The number of piperidine rings is 1. The third kappa shape index (κ3) is 3.62. The Kier molecular flexibility index (Phi) is 4.98. The van der Waals surface area contributed by atoms with Crippen LogP contribution in [-0.2, 0) is 11.3 Å². The van der Waals surface area contributed by atoms with Gasteiger partial charge in [0.1, 0.15) is 22.6 Å². The Labute approximate surface area is 165 Å². The molecule has 1 atom stereocenters. The molecule has 3 heterocycles. The maximum Gasteiger partial charge on any atom is 0.410 e. The smallest absolute Gasteiger partial charge is 0.410 e. The summed E-state index contributed by atoms with van der Waals surface area (Å²) >= 11 is 3.47. The molecule has 0 bridgehead atoms. The van der Waals surface area contributed by atoms with Crippen molar-refractivity contribution in [3.05, 3.63) is 58.7 Å². The standard InChI is InChI=1S/C19H20BrN5O2/c20-16-15-17(21)22-8-10-25(15)18(23-16)14-7-4-9-24(11-14)19(26)27-12-13-5-2-1-3-6-13/h1-3,5-6,8,10,14H,4,7,9,11-12H2,(H2,21,22)/t14-/m1/s1. The highest BCUT2D eigenvalue weighted by atomic mass is 79.9. The minimum Gasteiger partial charge on any atom is -0.445 e. The van der Waals surface area contributed by atoms with Crippen molar-refractivity contribution in [2.45, 2.75) is 25.4 Å². The lowest BCUT2D eigenvalue weighted by molar-refractivity contribution is 0.0853. The number of nitrogen functional groups attached to an aromatic ring is 1. The molecule has 1 saturated heterocycles. The van der Waals surface area contributed by atoms with Crippen molar-refractivity contribution in [2.75, 3.05) is 18.8 Å². The third-order valence-corrected chi connectivity index (χ3v) is 5.37. The first-order valence-electron chi connectivity index (χ1n) is 8.87. The van der Waals surface area contributed by atoms with Gasteiger partial charge in [0.05, 0.1) is 0 Å². The van der Waals surface area contributed by atoms with Crippen molar-refractivity contribution in [3.8, 4) is 0 Å². The van der Waals surface area contributed by atoms with Gasteiger partial charge in [0.15, 0.2) is 5.82 Å². The zero-order valence-corrected chi connectivity index (χ0v) is 16.3. The van der Waals surface area contributed by atoms with Gasteiger partial charge in [0.25, 0.3) is 0 Å². The van der Waals surface area contributed by atoms with Gasteiger partial charge in [-0.15, -0.1) is 0 Å². The zero-order chi connectivity index (χ0) is 18.8. The summed E-state index contributed by atoms with van der Waals surface area (Å²) in [6, 6.07) is 9.69. The van der Waals surface area contributed by atoms with Crippen LogP contribution in [0.5, 0.6) is 0 Å². The molecular weight excluding hydrogens is 410 g/mol. The summed E-state index contributed by atoms with van der Waals surface area (Å²) in [5, 5.41) is 0. The lowest BCUT2D eigenvalue weighted by Gasteiger charge is -2.31. The molecule has 0 unspecified atom stereocenters. The van der Waals surface area contributed by atoms with Gasteiger partial charge in [0, 0.05) is 31.4 Å². The van der Waals surface area contributed by atoms with Gasteiger partial charge in [-0.3, -0.25) is 4.40 Å². The molecule has 0 aliphatic carbocycles. The second kappa shape index (κ2) is 7.56. The number of likely N-dealkylation sites (tertiary alicyclic amines) is 1. The Bertz CT molecular complexity index is 959. The van der Waals surface area contributed by atoms with Gasteiger partial charge in [-0.2, -0.15) is 0 Å². The van der Waals surface area contributed by atoms with Crippen molar-refractivity contribution in [3.63, 3.8) is 0 Å². The normalized spacial score (nSPS) is 17.2. The van der Waals surface area contributed by atoms with Crippen LogP contribution in [0.1, 0.15) is 30.1 Å². The van der Waals surface area contributed by atoms with Crippen LogP contribution < -0.4 is 5.73 Å². The number of fused-ring (bicyclic) bond motifs is 1. The van der Waals surface area contributed by atoms with E-state index in [9.17, 15) is 4.79 Å². The predicted octanol–water partition coefficient (Wildman–Crippen LogP) is 3.59. The molecule has 1 aliphatic rings. The molecule has 1 aliphatic heterocycles. The number of imidazole rings is 1. The molecule has 3 aromatic rings. The van der Waals surface area contributed by atoms with Gasteiger partial charge < -0.3 is 15.4 Å². The first kappa shape index (κ1) is 17.8. The van der Waals surface area contributed by atoms with Crippen LogP contribution in [0.15, 0.2) is 47.3 Å². The number of nitrogens with two attached hydrogens (primary N) is 1. The highest BCUT2D eigenvalue weighted by Crippen LogP contribution is 2.31. The molecule has 2 aromatic heterocycles. The van der Waals surface area contributed by atoms with E-state index in [0.29, 0.717) is 23.5 Å². The van der Waals surface area contributed by atoms with Gasteiger partial charge in [-0.05, 0) is 34.3 Å². The van der Waals surface area contributed by atoms with Gasteiger partial charge in [-0.1, -0.05) is 30.3 Å². The maximum absolute atomic E-state index is 12.5. The number of anilines is 1. The molecule has 0 spiro atoms. The van der Waals surface area contributed by atoms with Gasteiger partial charge >= 0.3 is 6.09 Å². The van der Waals surface area contributed by atoms with Crippen LogP contribution >= 0.6 is 15.9 Å². The summed E-state index contributed by atoms with van der Waals surface area (Å²) in [6.45, 7) is 1.54. The Morgan fingerprint density at radius 3 is 2.96 bits per heavy atom. The summed E-state index contributed by atoms with van der Waals surface area (Å²) < 4.78 is 8.11. The molecule has 2 N–H and O–H groups in total. The van der Waals surface area contributed by atoms with Crippen LogP contribution in [0, 0.1) is 0 Å². The Morgan fingerprint density at radius 2 is 2.15 bits per heavy atom. The Balaban J connectivity index is 1.48. The number of rotatable bonds is 3. The van der Waals surface area contributed by atoms with E-state index in [1.165, 1.54) is 0 Å². The summed E-state index contributed by atoms with van der Waals surface area (Å²) in [5.74, 6) is 1.42. The van der Waals surface area contributed by atoms with E-state index in [1.807, 2.05) is 40.9 Å². The van der Waals surface area contributed by atoms with Gasteiger partial charge in [-0.25, -0.2) is 14.8 Å². The molecule has 8 heteroatoms. The van der Waals surface area contributed by atoms with E-state index < -0.39 is 0 Å². The van der Waals surface area contributed by atoms with Crippen molar-refractivity contribution >= 4 is 33.4 Å². The largest absolute Gasteiger partial charge is 0.445 e. The molecule has 4 rings (SSSR count). The third-order valence-electron chi connectivity index (χ3n) is 4.82. The second-order valence-electron chi connectivity index (χ2n) is 6.62. The van der Waals surface area contributed by atoms with Crippen molar-refractivity contribution in [1.82, 2.24) is 19.3 Å². The molecular formula is C19H20BrN5O2. The molecule has 27 heavy (non-hydrogen) atoms. The molecule has 0 radical (unpaired) electrons. The summed E-state index contributed by atoms with van der Waals surface area (Å²) in [7, 11) is 0. The number of hydrogen-bond donors (Lipinski definition) is 1. The van der Waals surface area contributed by atoms with Crippen LogP contribution in [-0.4, -0.2) is 38.5 Å². The average molecular weight is 430 g/mol. The highest BCUT2D eigenvalue weighted by molar-refractivity contribution is 9.10. The molecule has 1 aromatic carbocycles. The van der Waals surface area contributed by atoms with Crippen LogP contribution in [0.2, 0.25) is 0 Å². The molecule has 140 valence electrons. The number of amides is 1. The van der Waals surface area contributed by atoms with E-state index in [4.69, 9.17) is 10.5 Å². The van der Waals surface area contributed by atoms with E-state index >= 15 is 0 Å². The number of aromatic nitrogens is 3. The van der Waals surface area contributed by atoms with Crippen molar-refractivity contribution < 1.29 is 9.53 Å². The molecule has 1 fully saturated rings. The minimum absolute atomic E-state index is 0.114. The number of carbonyl (C=O) groups excluding carboxylic acids is 1. The fraction of sp³-hybridized carbons (Fsp3) is 0.316. The molecule has 7 nitrogen and oxygen atoms in total. The van der Waals surface area contributed by atoms with Crippen molar-refractivity contribution in [1.29, 1.82) is 0 Å². The quantitative estimate of drug-likeness (QED) is 0.687. The van der Waals surface area contributed by atoms with E-state index in [0.717, 1.165) is 29.7 Å². The molecule has 0 saturated carbocycles. The summed E-state index contributed by atoms with van der Waals surface area (Å²) in [6.07, 6.45) is 5.08. The predicted molar refractivity (Wildman–Crippen MR) is 105 cm³/mol. The van der Waals surface area contributed by atoms with Crippen molar-refractivity contribution in [2.24, 2.45) is 0 Å². The monoisotopic (exact) mass is 429 g/mol. The number of carbonyl (C=O) groups is 1. The average Bonchev–Trinajstić information content (AvgIpc) is 3.05. The minimum atomic E-state index is -0.287. The SMILES string of the molecule is Nc1nccn2c([C@@H]3CCCN(C(=O)OCc4ccccc4)C3)nc(Br)c12. The Morgan fingerprint density at radius 1 is 1.33 bits per heavy atom. The second-order valence-corrected chi connectivity index (χ2v) is 7.37. The topological polar surface area (TPSA) is 85.8 Å². The number of halogens is 1. The number of nitrogens with zero attached hydrogens (tertiary/aromatic N) is 4. The first-order chi connectivity index (χ1) is 13.1. The van der Waals surface area contributed by atoms with Crippen LogP contribution in [0.3, 0.4) is 0 Å². The molecule has 1 amide bonds. The fourth-order valence-corrected chi connectivity index (χ4v) is 4.07. The first-order valence-corrected chi connectivity index (χ1v) is 9.66. The van der Waals surface area contributed by atoms with Crippen LogP contribution in [0.25, 0.3) is 5.52 Å². The summed E-state index contributed by atoms with van der Waals surface area (Å²) in [4.78, 5) is 23.0. The highest BCUT2D eigenvalue weighted by Gasteiger charge is 2.29. The zero-order valence-electron chi connectivity index (χ0n) is 14.7. The summed E-state index contributed by atoms with van der Waals surface area (Å²) in [5.41, 5.74) is 7.72. The van der Waals surface area contributed by atoms with E-state index in [2.05, 4.69) is 25.9 Å².